The van der Waals surface area contributed by atoms with Crippen molar-refractivity contribution in [1.29, 1.82) is 0 Å². The van der Waals surface area contributed by atoms with E-state index in [0.717, 1.165) is 11.5 Å². The number of aromatic nitrogens is 1. The van der Waals surface area contributed by atoms with Crippen LogP contribution in [0.5, 0.6) is 0 Å². The van der Waals surface area contributed by atoms with Crippen LogP contribution in [0.2, 0.25) is 0 Å². The number of halogens is 1. The van der Waals surface area contributed by atoms with Gasteiger partial charge in [0.1, 0.15) is 0 Å². The van der Waals surface area contributed by atoms with E-state index in [0.29, 0.717) is 25.6 Å². The minimum atomic E-state index is -3.05. The molecule has 22 heavy (non-hydrogen) atoms. The second kappa shape index (κ2) is 7.16. The van der Waals surface area contributed by atoms with Crippen molar-refractivity contribution in [2.45, 2.75) is 32.1 Å². The Morgan fingerprint density at radius 3 is 2.73 bits per heavy atom. The lowest BCUT2D eigenvalue weighted by Gasteiger charge is -2.39. The third kappa shape index (κ3) is 4.12. The van der Waals surface area contributed by atoms with Gasteiger partial charge in [0.15, 0.2) is 21.6 Å². The fraction of sp³-hybridized carbons (Fsp3) is 0.692. The Labute approximate surface area is 148 Å². The molecule has 0 saturated carbocycles. The first-order valence-electron chi connectivity index (χ1n) is 6.85. The molecule has 0 radical (unpaired) electrons. The van der Waals surface area contributed by atoms with Crippen LogP contribution < -0.4 is 5.32 Å². The Hall–Kier alpha value is -0.840. The highest BCUT2D eigenvalue weighted by molar-refractivity contribution is 14.0. The van der Waals surface area contributed by atoms with Gasteiger partial charge in [-0.1, -0.05) is 5.16 Å². The van der Waals surface area contributed by atoms with Gasteiger partial charge in [0.2, 0.25) is 0 Å². The van der Waals surface area contributed by atoms with Crippen LogP contribution in [-0.4, -0.2) is 55.1 Å². The highest BCUT2D eigenvalue weighted by Crippen LogP contribution is 2.23. The average molecular weight is 442 g/mol. The number of hydrogen-bond acceptors (Lipinski definition) is 5. The van der Waals surface area contributed by atoms with Gasteiger partial charge in [-0.05, 0) is 20.8 Å². The molecule has 1 saturated heterocycles. The maximum Gasteiger partial charge on any atom is 0.194 e. The molecule has 0 unspecified atom stereocenters. The molecule has 9 heteroatoms. The van der Waals surface area contributed by atoms with Crippen LogP contribution in [0, 0.1) is 6.92 Å². The minimum Gasteiger partial charge on any atom is -0.359 e. The van der Waals surface area contributed by atoms with E-state index in [1.807, 2.05) is 17.9 Å². The Balaban J connectivity index is 0.00000242. The Bertz CT molecular complexity index is 639. The summed E-state index contributed by atoms with van der Waals surface area (Å²) >= 11 is 0. The number of guanidine groups is 1. The van der Waals surface area contributed by atoms with Crippen LogP contribution in [-0.2, 0) is 16.4 Å². The maximum absolute atomic E-state index is 12.0. The van der Waals surface area contributed by atoms with E-state index in [1.165, 1.54) is 0 Å². The van der Waals surface area contributed by atoms with Crippen molar-refractivity contribution in [1.82, 2.24) is 15.4 Å². The summed E-state index contributed by atoms with van der Waals surface area (Å²) in [5.74, 6) is 1.53. The molecular weight excluding hydrogens is 419 g/mol. The van der Waals surface area contributed by atoms with Gasteiger partial charge in [0.25, 0.3) is 0 Å². The van der Waals surface area contributed by atoms with Gasteiger partial charge >= 0.3 is 0 Å². The first-order valence-corrected chi connectivity index (χ1v) is 8.50. The molecule has 2 heterocycles. The highest BCUT2D eigenvalue weighted by Gasteiger charge is 2.40. The lowest BCUT2D eigenvalue weighted by atomic mass is 10.2. The van der Waals surface area contributed by atoms with E-state index >= 15 is 0 Å². The zero-order chi connectivity index (χ0) is 15.7. The van der Waals surface area contributed by atoms with Gasteiger partial charge in [-0.25, -0.2) is 8.42 Å². The Morgan fingerprint density at radius 1 is 1.55 bits per heavy atom. The number of nitrogens with one attached hydrogen (secondary N) is 1. The summed E-state index contributed by atoms with van der Waals surface area (Å²) in [6.07, 6.45) is 0. The van der Waals surface area contributed by atoms with Gasteiger partial charge in [-0.15, -0.1) is 24.0 Å². The van der Waals surface area contributed by atoms with Crippen molar-refractivity contribution >= 4 is 39.8 Å². The van der Waals surface area contributed by atoms with Crippen LogP contribution in [0.15, 0.2) is 15.6 Å². The largest absolute Gasteiger partial charge is 0.359 e. The van der Waals surface area contributed by atoms with Crippen molar-refractivity contribution < 1.29 is 12.9 Å². The van der Waals surface area contributed by atoms with E-state index < -0.39 is 14.6 Å². The van der Waals surface area contributed by atoms with Crippen molar-refractivity contribution in [2.75, 3.05) is 25.9 Å². The van der Waals surface area contributed by atoms with Crippen LogP contribution >= 0.6 is 24.0 Å². The molecule has 1 aromatic rings. The molecule has 1 N–H and O–H groups in total. The second-order valence-electron chi connectivity index (χ2n) is 5.84. The summed E-state index contributed by atoms with van der Waals surface area (Å²) in [5.41, 5.74) is 0.826. The predicted molar refractivity (Wildman–Crippen MR) is 96.3 cm³/mol. The lowest BCUT2D eigenvalue weighted by molar-refractivity contribution is 0.345. The Kier molecular flexibility index (Phi) is 6.25. The molecule has 1 aromatic heterocycles. The van der Waals surface area contributed by atoms with Crippen LogP contribution in [0.4, 0.5) is 0 Å². The van der Waals surface area contributed by atoms with E-state index in [4.69, 9.17) is 4.52 Å². The second-order valence-corrected chi connectivity index (χ2v) is 8.58. The molecular formula is C13H23IN4O3S. The summed E-state index contributed by atoms with van der Waals surface area (Å²) < 4.78 is 28.4. The zero-order valence-corrected chi connectivity index (χ0v) is 16.4. The van der Waals surface area contributed by atoms with Crippen molar-refractivity contribution in [3.8, 4) is 0 Å². The number of nitrogens with zero attached hydrogens (tertiary/aromatic N) is 3. The quantitative estimate of drug-likeness (QED) is 0.421. The molecule has 0 bridgehead atoms. The molecule has 0 aromatic carbocycles. The van der Waals surface area contributed by atoms with E-state index in [1.54, 1.807) is 20.9 Å². The molecule has 1 aliphatic heterocycles. The third-order valence-corrected chi connectivity index (χ3v) is 6.19. The normalized spacial score (nSPS) is 20.4. The zero-order valence-electron chi connectivity index (χ0n) is 13.3. The highest BCUT2D eigenvalue weighted by atomic mass is 127. The van der Waals surface area contributed by atoms with Crippen molar-refractivity contribution in [2.24, 2.45) is 4.99 Å². The molecule has 2 rings (SSSR count). The fourth-order valence-corrected chi connectivity index (χ4v) is 3.69. The summed E-state index contributed by atoms with van der Waals surface area (Å²) in [5, 5.41) is 7.01. The van der Waals surface area contributed by atoms with Crippen molar-refractivity contribution in [3.05, 3.63) is 17.5 Å². The number of aryl methyl sites for hydroxylation is 1. The monoisotopic (exact) mass is 442 g/mol. The van der Waals surface area contributed by atoms with Gasteiger partial charge in [-0.3, -0.25) is 4.99 Å². The van der Waals surface area contributed by atoms with Crippen LogP contribution in [0.1, 0.15) is 25.3 Å². The van der Waals surface area contributed by atoms with Gasteiger partial charge in [0, 0.05) is 26.2 Å². The summed E-state index contributed by atoms with van der Waals surface area (Å²) in [4.78, 5) is 6.18. The number of hydrogen-bond donors (Lipinski definition) is 1. The van der Waals surface area contributed by atoms with E-state index in [-0.39, 0.29) is 29.7 Å². The molecule has 0 amide bonds. The molecule has 0 aliphatic carbocycles. The number of sulfone groups is 1. The number of aliphatic imine (C=N–C) groups is 1. The van der Waals surface area contributed by atoms with Gasteiger partial charge in [0.05, 0.1) is 22.7 Å². The SMILES string of the molecule is CN=C(NCc1cc(C)no1)N1CCS(=O)(=O)C(C)(C)C1.I. The average Bonchev–Trinajstić information content (AvgIpc) is 2.80. The minimum absolute atomic E-state index is 0. The molecule has 7 nitrogen and oxygen atoms in total. The smallest absolute Gasteiger partial charge is 0.194 e. The molecule has 0 spiro atoms. The Morgan fingerprint density at radius 2 is 2.23 bits per heavy atom. The van der Waals surface area contributed by atoms with Crippen molar-refractivity contribution in [3.63, 3.8) is 0 Å². The topological polar surface area (TPSA) is 87.8 Å². The third-order valence-electron chi connectivity index (χ3n) is 3.65. The predicted octanol–water partition coefficient (Wildman–Crippen LogP) is 1.19. The maximum atomic E-state index is 12.0. The first-order chi connectivity index (χ1) is 9.75. The van der Waals surface area contributed by atoms with Gasteiger partial charge in [-0.2, -0.15) is 0 Å². The summed E-state index contributed by atoms with van der Waals surface area (Å²) in [6, 6.07) is 1.85. The summed E-state index contributed by atoms with van der Waals surface area (Å²) in [6.45, 7) is 6.70. The first kappa shape index (κ1) is 19.2. The van der Waals surface area contributed by atoms with E-state index in [2.05, 4.69) is 15.5 Å². The van der Waals surface area contributed by atoms with Gasteiger partial charge < -0.3 is 14.7 Å². The fourth-order valence-electron chi connectivity index (χ4n) is 2.32. The molecule has 126 valence electrons. The van der Waals surface area contributed by atoms with Crippen LogP contribution in [0.25, 0.3) is 0 Å². The molecule has 0 atom stereocenters. The molecule has 1 fully saturated rings. The molecule has 1 aliphatic rings. The van der Waals surface area contributed by atoms with Crippen LogP contribution in [0.3, 0.4) is 0 Å². The summed E-state index contributed by atoms with van der Waals surface area (Å²) in [7, 11) is -1.37. The lowest BCUT2D eigenvalue weighted by Crippen LogP contribution is -2.57. The number of rotatable bonds is 2. The standard InChI is InChI=1S/C13H22N4O3S.HI/c1-10-7-11(20-16-10)8-15-12(14-4)17-5-6-21(18,19)13(2,3)9-17;/h7H,5-6,8-9H2,1-4H3,(H,14,15);1H. The van der Waals surface area contributed by atoms with E-state index in [9.17, 15) is 8.42 Å².